The third kappa shape index (κ3) is 4.56. The maximum absolute atomic E-state index is 12.6. The molecule has 0 spiro atoms. The second-order valence-electron chi connectivity index (χ2n) is 6.37. The summed E-state index contributed by atoms with van der Waals surface area (Å²) in [7, 11) is 0. The lowest BCUT2D eigenvalue weighted by Crippen LogP contribution is -2.49. The largest absolute Gasteiger partial charge is 0.417 e. The molecule has 10 heteroatoms. The maximum atomic E-state index is 12.6. The Labute approximate surface area is 158 Å². The number of nitro benzene ring substituents is 1. The van der Waals surface area contributed by atoms with Crippen molar-refractivity contribution >= 4 is 17.4 Å². The van der Waals surface area contributed by atoms with Gasteiger partial charge in [-0.1, -0.05) is 12.1 Å². The Morgan fingerprint density at radius 3 is 2.21 bits per heavy atom. The molecule has 28 heavy (non-hydrogen) atoms. The molecule has 1 amide bonds. The molecule has 2 heterocycles. The molecular weight excluding hydrogens is 377 g/mol. The van der Waals surface area contributed by atoms with Gasteiger partial charge in [0.05, 0.1) is 16.9 Å². The summed E-state index contributed by atoms with van der Waals surface area (Å²) < 4.78 is 37.8. The number of carbonyl (C=O) groups excluding carboxylic acids is 1. The monoisotopic (exact) mass is 394 g/mol. The molecule has 0 radical (unpaired) electrons. The van der Waals surface area contributed by atoms with E-state index in [1.165, 1.54) is 18.2 Å². The first-order valence-electron chi connectivity index (χ1n) is 8.53. The van der Waals surface area contributed by atoms with Gasteiger partial charge in [0.1, 0.15) is 5.82 Å². The molecular formula is C18H17F3N4O3. The lowest BCUT2D eigenvalue weighted by molar-refractivity contribution is -0.384. The normalized spacial score (nSPS) is 14.8. The second-order valence-corrected chi connectivity index (χ2v) is 6.37. The number of hydrogen-bond acceptors (Lipinski definition) is 5. The summed E-state index contributed by atoms with van der Waals surface area (Å²) in [6.45, 7) is 1.78. The lowest BCUT2D eigenvalue weighted by Gasteiger charge is -2.35. The molecule has 0 unspecified atom stereocenters. The van der Waals surface area contributed by atoms with Crippen molar-refractivity contribution in [1.82, 2.24) is 9.88 Å². The van der Waals surface area contributed by atoms with Crippen molar-refractivity contribution < 1.29 is 22.9 Å². The van der Waals surface area contributed by atoms with Gasteiger partial charge in [-0.15, -0.1) is 0 Å². The van der Waals surface area contributed by atoms with Crippen LogP contribution in [-0.2, 0) is 17.4 Å². The molecule has 1 fully saturated rings. The first kappa shape index (κ1) is 19.6. The highest BCUT2D eigenvalue weighted by atomic mass is 19.4. The van der Waals surface area contributed by atoms with Crippen LogP contribution in [0.15, 0.2) is 42.6 Å². The summed E-state index contributed by atoms with van der Waals surface area (Å²) in [6, 6.07) is 8.15. The van der Waals surface area contributed by atoms with Crippen LogP contribution >= 0.6 is 0 Å². The van der Waals surface area contributed by atoms with Gasteiger partial charge >= 0.3 is 6.18 Å². The van der Waals surface area contributed by atoms with E-state index in [9.17, 15) is 28.1 Å². The summed E-state index contributed by atoms with van der Waals surface area (Å²) in [5.74, 6) is 0.337. The first-order chi connectivity index (χ1) is 13.2. The van der Waals surface area contributed by atoms with Gasteiger partial charge in [0, 0.05) is 44.5 Å². The summed E-state index contributed by atoms with van der Waals surface area (Å²) in [4.78, 5) is 30.0. The maximum Gasteiger partial charge on any atom is 0.417 e. The minimum absolute atomic E-state index is 0.0335. The summed E-state index contributed by atoms with van der Waals surface area (Å²) in [6.07, 6.45) is -3.48. The van der Waals surface area contributed by atoms with Gasteiger partial charge in [-0.25, -0.2) is 4.98 Å². The summed E-state index contributed by atoms with van der Waals surface area (Å²) >= 11 is 0. The van der Waals surface area contributed by atoms with Crippen molar-refractivity contribution in [3.05, 3.63) is 63.8 Å². The van der Waals surface area contributed by atoms with E-state index in [1.807, 2.05) is 4.90 Å². The van der Waals surface area contributed by atoms with Crippen molar-refractivity contribution in [3.63, 3.8) is 0 Å². The fourth-order valence-corrected chi connectivity index (χ4v) is 2.95. The fraction of sp³-hybridized carbons (Fsp3) is 0.333. The van der Waals surface area contributed by atoms with Crippen molar-refractivity contribution in [2.45, 2.75) is 12.6 Å². The average Bonchev–Trinajstić information content (AvgIpc) is 2.68. The van der Waals surface area contributed by atoms with E-state index in [0.717, 1.165) is 12.3 Å². The van der Waals surface area contributed by atoms with Crippen LogP contribution in [0.2, 0.25) is 0 Å². The number of aromatic nitrogens is 1. The number of carbonyl (C=O) groups is 1. The highest BCUT2D eigenvalue weighted by molar-refractivity contribution is 5.79. The molecule has 0 aliphatic carbocycles. The summed E-state index contributed by atoms with van der Waals surface area (Å²) in [5, 5.41) is 10.7. The highest BCUT2D eigenvalue weighted by Crippen LogP contribution is 2.29. The van der Waals surface area contributed by atoms with Crippen LogP contribution < -0.4 is 4.90 Å². The number of benzene rings is 1. The van der Waals surface area contributed by atoms with Crippen LogP contribution in [0.25, 0.3) is 0 Å². The molecule has 2 aromatic rings. The van der Waals surface area contributed by atoms with Gasteiger partial charge in [0.2, 0.25) is 5.91 Å². The molecule has 1 aromatic heterocycles. The third-order valence-electron chi connectivity index (χ3n) is 4.53. The van der Waals surface area contributed by atoms with Gasteiger partial charge in [-0.3, -0.25) is 14.9 Å². The van der Waals surface area contributed by atoms with E-state index in [0.29, 0.717) is 37.6 Å². The molecule has 1 aromatic carbocycles. The van der Waals surface area contributed by atoms with Crippen LogP contribution in [0, 0.1) is 10.1 Å². The van der Waals surface area contributed by atoms with Crippen LogP contribution in [0.3, 0.4) is 0 Å². The number of halogens is 3. The third-order valence-corrected chi connectivity index (χ3v) is 4.53. The molecule has 0 bridgehead atoms. The van der Waals surface area contributed by atoms with Gasteiger partial charge < -0.3 is 9.80 Å². The Hall–Kier alpha value is -3.17. The van der Waals surface area contributed by atoms with Gasteiger partial charge in [0.25, 0.3) is 5.69 Å². The van der Waals surface area contributed by atoms with Crippen LogP contribution in [0.5, 0.6) is 0 Å². The predicted octanol–water partition coefficient (Wildman–Crippen LogP) is 2.90. The van der Waals surface area contributed by atoms with E-state index in [2.05, 4.69) is 4.98 Å². The smallest absolute Gasteiger partial charge is 0.353 e. The minimum atomic E-state index is -4.42. The highest BCUT2D eigenvalue weighted by Gasteiger charge is 2.31. The molecule has 1 aliphatic heterocycles. The predicted molar refractivity (Wildman–Crippen MR) is 94.8 cm³/mol. The Morgan fingerprint density at radius 2 is 1.71 bits per heavy atom. The Balaban J connectivity index is 1.54. The zero-order chi connectivity index (χ0) is 20.3. The molecule has 1 saturated heterocycles. The lowest BCUT2D eigenvalue weighted by atomic mass is 10.1. The van der Waals surface area contributed by atoms with Crippen molar-refractivity contribution in [3.8, 4) is 0 Å². The Bertz CT molecular complexity index is 846. The first-order valence-corrected chi connectivity index (χ1v) is 8.53. The van der Waals surface area contributed by atoms with E-state index in [-0.39, 0.29) is 18.0 Å². The van der Waals surface area contributed by atoms with Crippen LogP contribution in [0.1, 0.15) is 11.1 Å². The number of anilines is 1. The van der Waals surface area contributed by atoms with Crippen molar-refractivity contribution in [2.24, 2.45) is 0 Å². The van der Waals surface area contributed by atoms with E-state index >= 15 is 0 Å². The Kier molecular flexibility index (Phi) is 5.48. The van der Waals surface area contributed by atoms with Gasteiger partial charge in [0.15, 0.2) is 0 Å². The van der Waals surface area contributed by atoms with E-state index in [1.54, 1.807) is 17.0 Å². The second kappa shape index (κ2) is 7.83. The number of nitrogens with zero attached hydrogens (tertiary/aromatic N) is 4. The number of nitro groups is 1. The quantitative estimate of drug-likeness (QED) is 0.589. The molecule has 7 nitrogen and oxygen atoms in total. The zero-order valence-electron chi connectivity index (χ0n) is 14.7. The van der Waals surface area contributed by atoms with Gasteiger partial charge in [-0.05, 0) is 17.7 Å². The number of pyridine rings is 1. The molecule has 0 atom stereocenters. The van der Waals surface area contributed by atoms with Crippen molar-refractivity contribution in [1.29, 1.82) is 0 Å². The number of alkyl halides is 3. The molecule has 1 aliphatic rings. The SMILES string of the molecule is O=C(Cc1ccc([N+](=O)[O-])cc1)N1CCN(c2ccc(C(F)(F)F)cn2)CC1. The zero-order valence-corrected chi connectivity index (χ0v) is 14.7. The molecule has 148 valence electrons. The minimum Gasteiger partial charge on any atom is -0.353 e. The number of hydrogen-bond donors (Lipinski definition) is 0. The fourth-order valence-electron chi connectivity index (χ4n) is 2.95. The van der Waals surface area contributed by atoms with E-state index in [4.69, 9.17) is 0 Å². The Morgan fingerprint density at radius 1 is 1.07 bits per heavy atom. The average molecular weight is 394 g/mol. The number of piperazine rings is 1. The van der Waals surface area contributed by atoms with E-state index < -0.39 is 16.7 Å². The number of amides is 1. The molecule has 3 rings (SSSR count). The topological polar surface area (TPSA) is 79.6 Å². The molecule has 0 N–H and O–H groups in total. The number of rotatable bonds is 4. The molecule has 0 saturated carbocycles. The summed E-state index contributed by atoms with van der Waals surface area (Å²) in [5.41, 5.74) is -0.149. The standard InChI is InChI=1S/C18H17F3N4O3/c19-18(20,21)14-3-6-16(22-12-14)23-7-9-24(10-8-23)17(26)11-13-1-4-15(5-2-13)25(27)28/h1-6,12H,7-11H2. The van der Waals surface area contributed by atoms with Gasteiger partial charge in [-0.2, -0.15) is 13.2 Å². The number of non-ortho nitro benzene ring substituents is 1. The van der Waals surface area contributed by atoms with Crippen LogP contribution in [0.4, 0.5) is 24.7 Å². The van der Waals surface area contributed by atoms with Crippen LogP contribution in [-0.4, -0.2) is 46.9 Å². The van der Waals surface area contributed by atoms with Crippen molar-refractivity contribution in [2.75, 3.05) is 31.1 Å².